The molecule has 0 N–H and O–H groups in total. The highest BCUT2D eigenvalue weighted by Crippen LogP contribution is 2.61. The van der Waals surface area contributed by atoms with Gasteiger partial charge in [0.15, 0.2) is 0 Å². The largest absolute Gasteiger partial charge is 0.100 e. The molecule has 0 spiro atoms. The molecule has 0 nitrogen and oxygen atoms in total. The summed E-state index contributed by atoms with van der Waals surface area (Å²) in [6.45, 7) is 5.51. The van der Waals surface area contributed by atoms with Crippen molar-refractivity contribution in [1.82, 2.24) is 0 Å². The smallest absolute Gasteiger partial charge is 0.0894 e. The van der Waals surface area contributed by atoms with E-state index in [4.69, 9.17) is 0 Å². The molecule has 9 heavy (non-hydrogen) atoms. The molecule has 0 saturated carbocycles. The van der Waals surface area contributed by atoms with Crippen molar-refractivity contribution >= 4 is 35.0 Å². The topological polar surface area (TPSA) is 0 Å². The lowest BCUT2D eigenvalue weighted by Crippen LogP contribution is -2.35. The number of fused-ring (bicyclic) bond motifs is 1. The van der Waals surface area contributed by atoms with Crippen LogP contribution in [-0.2, 0) is 0 Å². The lowest BCUT2D eigenvalue weighted by Gasteiger charge is -2.13. The van der Waals surface area contributed by atoms with Gasteiger partial charge < -0.3 is 0 Å². The van der Waals surface area contributed by atoms with Crippen LogP contribution in [0.2, 0.25) is 11.0 Å². The van der Waals surface area contributed by atoms with Gasteiger partial charge in [0.05, 0.1) is 13.8 Å². The Labute approximate surface area is 60.5 Å². The average molecular weight is 109 g/mol. The van der Waals surface area contributed by atoms with Crippen LogP contribution >= 0.6 is 0 Å². The molecular formula is C4H7B5. The standard InChI is InChI=1S/C4H7B5/c1-3-4(2)5-6-7-8-9(3)4/h3H,1-2H3. The Morgan fingerprint density at radius 1 is 1.44 bits per heavy atom. The molecule has 0 aromatic carbocycles. The molecule has 2 fully saturated rings. The van der Waals surface area contributed by atoms with Gasteiger partial charge in [-0.1, -0.05) is 19.7 Å². The van der Waals surface area contributed by atoms with Crippen LogP contribution in [0.3, 0.4) is 0 Å². The fourth-order valence-corrected chi connectivity index (χ4v) is 1.88. The van der Waals surface area contributed by atoms with Crippen molar-refractivity contribution in [3.63, 3.8) is 0 Å². The van der Waals surface area contributed by atoms with Gasteiger partial charge in [-0.05, 0) is 0 Å². The van der Waals surface area contributed by atoms with Crippen LogP contribution in [0.1, 0.15) is 13.8 Å². The third-order valence-corrected chi connectivity index (χ3v) is 3.01. The van der Waals surface area contributed by atoms with Crippen LogP contribution < -0.4 is 0 Å². The summed E-state index contributed by atoms with van der Waals surface area (Å²) in [6.07, 6.45) is 0. The van der Waals surface area contributed by atoms with E-state index in [1.807, 2.05) is 0 Å². The maximum absolute atomic E-state index is 2.34. The first-order chi connectivity index (χ1) is 4.25. The van der Waals surface area contributed by atoms with Gasteiger partial charge in [-0.2, -0.15) is 0 Å². The van der Waals surface area contributed by atoms with Crippen molar-refractivity contribution in [1.29, 1.82) is 0 Å². The third kappa shape index (κ3) is 0.668. The lowest BCUT2D eigenvalue weighted by atomic mass is 8.91. The van der Waals surface area contributed by atoms with E-state index in [-0.39, 0.29) is 0 Å². The van der Waals surface area contributed by atoms with Gasteiger partial charge in [0.2, 0.25) is 0 Å². The SMILES string of the molecule is CC1B2[B][B][B][B]C21C. The molecule has 2 saturated heterocycles. The van der Waals surface area contributed by atoms with E-state index in [9.17, 15) is 0 Å². The van der Waals surface area contributed by atoms with Gasteiger partial charge in [-0.15, -0.1) is 5.21 Å². The molecule has 0 aromatic heterocycles. The van der Waals surface area contributed by atoms with Crippen LogP contribution in [-0.4, -0.2) is 35.0 Å². The summed E-state index contributed by atoms with van der Waals surface area (Å²) >= 11 is 0. The highest BCUT2D eigenvalue weighted by molar-refractivity contribution is 7.64. The van der Waals surface area contributed by atoms with Gasteiger partial charge >= 0.3 is 0 Å². The second-order valence-corrected chi connectivity index (χ2v) is 3.42. The lowest BCUT2D eigenvalue weighted by molar-refractivity contribution is 0.939. The number of hydrogen-bond donors (Lipinski definition) is 0. The third-order valence-electron chi connectivity index (χ3n) is 3.01. The zero-order valence-corrected chi connectivity index (χ0v) is 5.96. The molecule has 2 aliphatic rings. The molecule has 0 aromatic rings. The molecular weight excluding hydrogens is 102 g/mol. The molecule has 2 heterocycles. The molecule has 0 bridgehead atoms. The fourth-order valence-electron chi connectivity index (χ4n) is 1.88. The molecule has 2 aliphatic heterocycles. The molecule has 2 atom stereocenters. The summed E-state index contributed by atoms with van der Waals surface area (Å²) in [5, 5.41) is 0.536. The maximum Gasteiger partial charge on any atom is 0.0894 e. The van der Waals surface area contributed by atoms with Crippen LogP contribution in [0.5, 0.6) is 0 Å². The van der Waals surface area contributed by atoms with E-state index in [0.717, 1.165) is 12.4 Å². The Morgan fingerprint density at radius 3 is 2.67 bits per heavy atom. The van der Waals surface area contributed by atoms with E-state index >= 15 is 0 Å². The van der Waals surface area contributed by atoms with Crippen molar-refractivity contribution in [3.8, 4) is 0 Å². The van der Waals surface area contributed by atoms with Crippen molar-refractivity contribution in [2.75, 3.05) is 0 Å². The van der Waals surface area contributed by atoms with E-state index < -0.39 is 0 Å². The molecule has 2 unspecified atom stereocenters. The Hall–Kier alpha value is 0.325. The Bertz CT molecular complexity index is 137. The van der Waals surface area contributed by atoms with Crippen LogP contribution in [0.15, 0.2) is 0 Å². The van der Waals surface area contributed by atoms with Gasteiger partial charge in [-0.25, -0.2) is 0 Å². The molecule has 5 heteroatoms. The van der Waals surface area contributed by atoms with E-state index in [0.29, 0.717) is 5.21 Å². The first kappa shape index (κ1) is 6.06. The van der Waals surface area contributed by atoms with E-state index in [1.165, 1.54) is 0 Å². The molecule has 4 radical (unpaired) electrons. The van der Waals surface area contributed by atoms with Crippen molar-refractivity contribution in [2.45, 2.75) is 24.9 Å². The highest BCUT2D eigenvalue weighted by Gasteiger charge is 2.59. The molecule has 0 amide bonds. The van der Waals surface area contributed by atoms with E-state index in [2.05, 4.69) is 42.2 Å². The second-order valence-electron chi connectivity index (χ2n) is 3.42. The minimum Gasteiger partial charge on any atom is -0.100 e. The predicted octanol–water partition coefficient (Wildman–Crippen LogP) is -0.325. The maximum atomic E-state index is 2.34. The Balaban J connectivity index is 2.10. The first-order valence-corrected chi connectivity index (χ1v) is 3.61. The normalized spacial score (nSPS) is 45.1. The minimum atomic E-state index is 0.536. The summed E-state index contributed by atoms with van der Waals surface area (Å²) in [5.74, 6) is 0.882. The zero-order chi connectivity index (χ0) is 6.48. The highest BCUT2D eigenvalue weighted by atomic mass is 14.3. The van der Waals surface area contributed by atoms with Gasteiger partial charge in [-0.3, -0.25) is 0 Å². The second kappa shape index (κ2) is 1.68. The zero-order valence-electron chi connectivity index (χ0n) is 5.96. The van der Waals surface area contributed by atoms with E-state index in [1.54, 1.807) is 0 Å². The Kier molecular flexibility index (Phi) is 1.13. The van der Waals surface area contributed by atoms with Gasteiger partial charge in [0, 0.05) is 21.2 Å². The monoisotopic (exact) mass is 110 g/mol. The minimum absolute atomic E-state index is 0.536. The average Bonchev–Trinajstić information content (AvgIpc) is 2.38. The summed E-state index contributed by atoms with van der Waals surface area (Å²) in [6, 6.07) is 0. The summed E-state index contributed by atoms with van der Waals surface area (Å²) < 4.78 is 0. The van der Waals surface area contributed by atoms with Crippen molar-refractivity contribution in [2.24, 2.45) is 0 Å². The molecule has 0 aliphatic carbocycles. The van der Waals surface area contributed by atoms with Crippen molar-refractivity contribution in [3.05, 3.63) is 0 Å². The quantitative estimate of drug-likeness (QED) is 0.374. The number of rotatable bonds is 0. The Morgan fingerprint density at radius 2 is 2.22 bits per heavy atom. The number of hydrogen-bond acceptors (Lipinski definition) is 0. The summed E-state index contributed by atoms with van der Waals surface area (Å²) in [5.41, 5.74) is 0. The first-order valence-electron chi connectivity index (χ1n) is 3.61. The van der Waals surface area contributed by atoms with Gasteiger partial charge in [0.25, 0.3) is 0 Å². The van der Waals surface area contributed by atoms with Crippen LogP contribution in [0.25, 0.3) is 0 Å². The summed E-state index contributed by atoms with van der Waals surface area (Å²) in [7, 11) is 8.99. The molecule has 2 rings (SSSR count). The van der Waals surface area contributed by atoms with Crippen LogP contribution in [0.4, 0.5) is 0 Å². The van der Waals surface area contributed by atoms with Crippen LogP contribution in [0, 0.1) is 0 Å². The van der Waals surface area contributed by atoms with Gasteiger partial charge in [0.1, 0.15) is 0 Å². The van der Waals surface area contributed by atoms with Crippen molar-refractivity contribution < 1.29 is 0 Å². The summed E-state index contributed by atoms with van der Waals surface area (Å²) in [4.78, 5) is 0. The fraction of sp³-hybridized carbons (Fsp3) is 1.00. The molecule has 38 valence electrons. The predicted molar refractivity (Wildman–Crippen MR) is 46.6 cm³/mol.